The number of fused-ring (bicyclic) bond motifs is 1. The van der Waals surface area contributed by atoms with Crippen LogP contribution < -0.4 is 15.4 Å². The first kappa shape index (κ1) is 23.0. The first-order valence-electron chi connectivity index (χ1n) is 10.5. The maximum absolute atomic E-state index is 13.0. The van der Waals surface area contributed by atoms with Gasteiger partial charge in [0.25, 0.3) is 0 Å². The number of benzene rings is 2. The van der Waals surface area contributed by atoms with Crippen LogP contribution in [0, 0.1) is 5.92 Å². The third-order valence-electron chi connectivity index (χ3n) is 5.37. The standard InChI is InChI=1S/C23H29N3O4S/c1-4-16-8-10-18(11-9-16)24-23(28)22(15(2)3)26-31(29,30)19-12-13-20-17(14-19)6-5-7-21(27)25-20/h8-15,22,26H,4-7H2,1-3H3,(H,24,28)(H,25,27)/t22-/m0/s1. The summed E-state index contributed by atoms with van der Waals surface area (Å²) < 4.78 is 28.6. The molecule has 2 aromatic rings. The number of nitrogens with one attached hydrogen (secondary N) is 3. The van der Waals surface area contributed by atoms with Crippen molar-refractivity contribution in [1.29, 1.82) is 0 Å². The van der Waals surface area contributed by atoms with Gasteiger partial charge in [-0.2, -0.15) is 4.72 Å². The molecule has 0 unspecified atom stereocenters. The van der Waals surface area contributed by atoms with Gasteiger partial charge in [-0.3, -0.25) is 9.59 Å². The largest absolute Gasteiger partial charge is 0.326 e. The van der Waals surface area contributed by atoms with Crippen molar-refractivity contribution < 1.29 is 18.0 Å². The zero-order valence-corrected chi connectivity index (χ0v) is 18.9. The Kier molecular flexibility index (Phi) is 7.12. The van der Waals surface area contributed by atoms with Gasteiger partial charge < -0.3 is 10.6 Å². The van der Waals surface area contributed by atoms with Crippen molar-refractivity contribution in [1.82, 2.24) is 4.72 Å². The van der Waals surface area contributed by atoms with E-state index in [0.29, 0.717) is 30.6 Å². The van der Waals surface area contributed by atoms with E-state index in [1.807, 2.05) is 31.2 Å². The molecular formula is C23H29N3O4S. The topological polar surface area (TPSA) is 104 Å². The smallest absolute Gasteiger partial charge is 0.242 e. The monoisotopic (exact) mass is 443 g/mol. The second kappa shape index (κ2) is 9.62. The van der Waals surface area contributed by atoms with Crippen molar-refractivity contribution >= 4 is 33.2 Å². The van der Waals surface area contributed by atoms with Gasteiger partial charge in [0.2, 0.25) is 21.8 Å². The van der Waals surface area contributed by atoms with Gasteiger partial charge >= 0.3 is 0 Å². The second-order valence-electron chi connectivity index (χ2n) is 8.10. The van der Waals surface area contributed by atoms with Crippen LogP contribution in [0.4, 0.5) is 11.4 Å². The van der Waals surface area contributed by atoms with Gasteiger partial charge in [-0.15, -0.1) is 0 Å². The van der Waals surface area contributed by atoms with Crippen LogP contribution in [0.5, 0.6) is 0 Å². The summed E-state index contributed by atoms with van der Waals surface area (Å²) in [5.74, 6) is -0.745. The Balaban J connectivity index is 1.78. The number of amides is 2. The highest BCUT2D eigenvalue weighted by Gasteiger charge is 2.29. The van der Waals surface area contributed by atoms with Crippen molar-refractivity contribution in [3.63, 3.8) is 0 Å². The van der Waals surface area contributed by atoms with E-state index >= 15 is 0 Å². The molecule has 0 aromatic heterocycles. The molecule has 0 radical (unpaired) electrons. The van der Waals surface area contributed by atoms with Gasteiger partial charge in [-0.25, -0.2) is 8.42 Å². The molecule has 2 amide bonds. The summed E-state index contributed by atoms with van der Waals surface area (Å²) in [5, 5.41) is 5.59. The van der Waals surface area contributed by atoms with Gasteiger partial charge in [0, 0.05) is 17.8 Å². The Morgan fingerprint density at radius 2 is 1.81 bits per heavy atom. The van der Waals surface area contributed by atoms with Crippen LogP contribution in [0.2, 0.25) is 0 Å². The zero-order chi connectivity index (χ0) is 22.6. The number of hydrogen-bond donors (Lipinski definition) is 3. The van der Waals surface area contributed by atoms with Gasteiger partial charge in [-0.1, -0.05) is 32.9 Å². The Hall–Kier alpha value is -2.71. The predicted octanol–water partition coefficient (Wildman–Crippen LogP) is 3.47. The van der Waals surface area contributed by atoms with E-state index in [2.05, 4.69) is 15.4 Å². The molecule has 166 valence electrons. The fraction of sp³-hybridized carbons (Fsp3) is 0.391. The lowest BCUT2D eigenvalue weighted by Gasteiger charge is -2.22. The van der Waals surface area contributed by atoms with Crippen molar-refractivity contribution in [3.8, 4) is 0 Å². The number of carbonyl (C=O) groups excluding carboxylic acids is 2. The quantitative estimate of drug-likeness (QED) is 0.609. The molecule has 0 spiro atoms. The van der Waals surface area contributed by atoms with Crippen molar-refractivity contribution in [2.45, 2.75) is 57.4 Å². The fourth-order valence-electron chi connectivity index (χ4n) is 3.49. The lowest BCUT2D eigenvalue weighted by molar-refractivity contribution is -0.118. The summed E-state index contributed by atoms with van der Waals surface area (Å²) in [7, 11) is -3.93. The fourth-order valence-corrected chi connectivity index (χ4v) is 4.88. The molecule has 0 aliphatic carbocycles. The number of anilines is 2. The van der Waals surface area contributed by atoms with Crippen molar-refractivity contribution in [2.24, 2.45) is 5.92 Å². The van der Waals surface area contributed by atoms with Crippen LogP contribution >= 0.6 is 0 Å². The van der Waals surface area contributed by atoms with E-state index in [1.165, 1.54) is 6.07 Å². The van der Waals surface area contributed by atoms with Crippen LogP contribution in [0.1, 0.15) is 44.7 Å². The highest BCUT2D eigenvalue weighted by atomic mass is 32.2. The SMILES string of the molecule is CCc1ccc(NC(=O)[C@@H](NS(=O)(=O)c2ccc3c(c2)CCCC(=O)N3)C(C)C)cc1. The van der Waals surface area contributed by atoms with Gasteiger partial charge in [0.05, 0.1) is 4.90 Å². The molecule has 8 heteroatoms. The normalized spacial score (nSPS) is 15.0. The summed E-state index contributed by atoms with van der Waals surface area (Å²) in [4.78, 5) is 24.6. The minimum Gasteiger partial charge on any atom is -0.326 e. The van der Waals surface area contributed by atoms with Gasteiger partial charge in [0.1, 0.15) is 6.04 Å². The Morgan fingerprint density at radius 3 is 2.45 bits per heavy atom. The molecule has 3 N–H and O–H groups in total. The van der Waals surface area contributed by atoms with E-state index in [9.17, 15) is 18.0 Å². The molecule has 0 saturated heterocycles. The van der Waals surface area contributed by atoms with E-state index in [1.54, 1.807) is 26.0 Å². The Morgan fingerprint density at radius 1 is 1.10 bits per heavy atom. The molecule has 2 aromatic carbocycles. The lowest BCUT2D eigenvalue weighted by Crippen LogP contribution is -2.47. The average Bonchev–Trinajstić information content (AvgIpc) is 2.92. The summed E-state index contributed by atoms with van der Waals surface area (Å²) in [6.45, 7) is 5.63. The van der Waals surface area contributed by atoms with Crippen LogP contribution in [0.3, 0.4) is 0 Å². The van der Waals surface area contributed by atoms with Crippen LogP contribution in [0.25, 0.3) is 0 Å². The van der Waals surface area contributed by atoms with Crippen LogP contribution in [0.15, 0.2) is 47.4 Å². The molecule has 1 atom stereocenters. The van der Waals surface area contributed by atoms with Gasteiger partial charge in [0.15, 0.2) is 0 Å². The molecule has 1 heterocycles. The van der Waals surface area contributed by atoms with E-state index in [0.717, 1.165) is 17.5 Å². The number of rotatable bonds is 7. The molecule has 0 bridgehead atoms. The zero-order valence-electron chi connectivity index (χ0n) is 18.1. The van der Waals surface area contributed by atoms with E-state index < -0.39 is 22.0 Å². The first-order chi connectivity index (χ1) is 14.7. The van der Waals surface area contributed by atoms with Gasteiger partial charge in [-0.05, 0) is 66.6 Å². The molecule has 1 aliphatic rings. The average molecular weight is 444 g/mol. The Bertz CT molecular complexity index is 1060. The summed E-state index contributed by atoms with van der Waals surface area (Å²) >= 11 is 0. The van der Waals surface area contributed by atoms with E-state index in [-0.39, 0.29) is 16.7 Å². The number of aryl methyl sites for hydroxylation is 2. The summed E-state index contributed by atoms with van der Waals surface area (Å²) in [6, 6.07) is 11.2. The first-order valence-corrected chi connectivity index (χ1v) is 12.0. The predicted molar refractivity (Wildman–Crippen MR) is 121 cm³/mol. The minimum absolute atomic E-state index is 0.0732. The number of sulfonamides is 1. The maximum atomic E-state index is 13.0. The molecule has 1 aliphatic heterocycles. The highest BCUT2D eigenvalue weighted by molar-refractivity contribution is 7.89. The van der Waals surface area contributed by atoms with Crippen LogP contribution in [-0.4, -0.2) is 26.3 Å². The maximum Gasteiger partial charge on any atom is 0.242 e. The number of hydrogen-bond acceptors (Lipinski definition) is 4. The second-order valence-corrected chi connectivity index (χ2v) is 9.82. The molecule has 0 fully saturated rings. The molecule has 0 saturated carbocycles. The summed E-state index contributed by atoms with van der Waals surface area (Å²) in [6.07, 6.45) is 2.57. The molecule has 3 rings (SSSR count). The third kappa shape index (κ3) is 5.71. The minimum atomic E-state index is -3.93. The Labute approximate surface area is 183 Å². The third-order valence-corrected chi connectivity index (χ3v) is 6.81. The van der Waals surface area contributed by atoms with Crippen LogP contribution in [-0.2, 0) is 32.5 Å². The van der Waals surface area contributed by atoms with Crippen molar-refractivity contribution in [2.75, 3.05) is 10.6 Å². The lowest BCUT2D eigenvalue weighted by atomic mass is 10.0. The molecule has 31 heavy (non-hydrogen) atoms. The summed E-state index contributed by atoms with van der Waals surface area (Å²) in [5.41, 5.74) is 3.18. The number of carbonyl (C=O) groups is 2. The highest BCUT2D eigenvalue weighted by Crippen LogP contribution is 2.25. The molecular weight excluding hydrogens is 414 g/mol. The van der Waals surface area contributed by atoms with Crippen molar-refractivity contribution in [3.05, 3.63) is 53.6 Å². The molecule has 7 nitrogen and oxygen atoms in total. The van der Waals surface area contributed by atoms with E-state index in [4.69, 9.17) is 0 Å².